The van der Waals surface area contributed by atoms with Crippen molar-refractivity contribution < 1.29 is 0 Å². The maximum absolute atomic E-state index is 6.40. The van der Waals surface area contributed by atoms with Crippen molar-refractivity contribution in [2.24, 2.45) is 11.7 Å². The number of nitrogens with zero attached hydrogens (tertiary/aromatic N) is 2. The zero-order chi connectivity index (χ0) is 14.4. The molecule has 21 heavy (non-hydrogen) atoms. The van der Waals surface area contributed by atoms with Gasteiger partial charge in [0, 0.05) is 36.8 Å². The molecule has 2 aliphatic heterocycles. The standard InChI is InChI=1S/C18H33N3/c1-14-11-18(12-19,13-20(14)16-8-9-16)21-10-4-6-15-5-2-3-7-17(15)21/h14-17H,2-13,19H2,1H3. The van der Waals surface area contributed by atoms with Gasteiger partial charge in [-0.15, -0.1) is 0 Å². The maximum Gasteiger partial charge on any atom is 0.0476 e. The van der Waals surface area contributed by atoms with Crippen molar-refractivity contribution in [1.82, 2.24) is 9.80 Å². The van der Waals surface area contributed by atoms with Gasteiger partial charge < -0.3 is 5.73 Å². The first kappa shape index (κ1) is 14.5. The molecule has 2 saturated carbocycles. The van der Waals surface area contributed by atoms with Gasteiger partial charge in [0.2, 0.25) is 0 Å². The Morgan fingerprint density at radius 3 is 2.57 bits per heavy atom. The van der Waals surface area contributed by atoms with E-state index >= 15 is 0 Å². The minimum atomic E-state index is 0.294. The van der Waals surface area contributed by atoms with Crippen molar-refractivity contribution in [1.29, 1.82) is 0 Å². The molecule has 120 valence electrons. The summed E-state index contributed by atoms with van der Waals surface area (Å²) in [5.41, 5.74) is 6.69. The molecule has 3 nitrogen and oxygen atoms in total. The van der Waals surface area contributed by atoms with Gasteiger partial charge in [-0.05, 0) is 64.3 Å². The average Bonchev–Trinajstić information content (AvgIpc) is 3.30. The Morgan fingerprint density at radius 1 is 1.05 bits per heavy atom. The zero-order valence-electron chi connectivity index (χ0n) is 13.8. The molecule has 0 amide bonds. The van der Waals surface area contributed by atoms with Gasteiger partial charge >= 0.3 is 0 Å². The highest BCUT2D eigenvalue weighted by Crippen LogP contribution is 2.44. The first-order valence-electron chi connectivity index (χ1n) is 9.46. The normalized spacial score (nSPS) is 45.7. The van der Waals surface area contributed by atoms with Crippen LogP contribution >= 0.6 is 0 Å². The molecule has 0 bridgehead atoms. The first-order chi connectivity index (χ1) is 10.2. The lowest BCUT2D eigenvalue weighted by molar-refractivity contribution is -0.0215. The molecule has 0 aromatic carbocycles. The number of likely N-dealkylation sites (tertiary alicyclic amines) is 2. The topological polar surface area (TPSA) is 32.5 Å². The van der Waals surface area contributed by atoms with Crippen LogP contribution in [0.5, 0.6) is 0 Å². The largest absolute Gasteiger partial charge is 0.329 e. The Bertz CT molecular complexity index is 379. The van der Waals surface area contributed by atoms with Crippen LogP contribution in [0.25, 0.3) is 0 Å². The number of piperidine rings is 1. The van der Waals surface area contributed by atoms with Crippen molar-refractivity contribution in [2.75, 3.05) is 19.6 Å². The Morgan fingerprint density at radius 2 is 1.81 bits per heavy atom. The molecule has 0 spiro atoms. The SMILES string of the molecule is CC1CC(CN)(N2CCCC3CCCCC32)CN1C1CC1. The summed E-state index contributed by atoms with van der Waals surface area (Å²) >= 11 is 0. The van der Waals surface area contributed by atoms with Crippen LogP contribution in [-0.2, 0) is 0 Å². The molecule has 2 aliphatic carbocycles. The third kappa shape index (κ3) is 2.46. The van der Waals surface area contributed by atoms with Gasteiger partial charge in [0.05, 0.1) is 0 Å². The van der Waals surface area contributed by atoms with E-state index < -0.39 is 0 Å². The molecule has 2 N–H and O–H groups in total. The van der Waals surface area contributed by atoms with Gasteiger partial charge in [-0.1, -0.05) is 12.8 Å². The first-order valence-corrected chi connectivity index (χ1v) is 9.46. The van der Waals surface area contributed by atoms with Crippen molar-refractivity contribution in [3.8, 4) is 0 Å². The fourth-order valence-electron chi connectivity index (χ4n) is 5.81. The molecule has 2 heterocycles. The molecule has 4 rings (SSSR count). The van der Waals surface area contributed by atoms with Crippen LogP contribution in [0.15, 0.2) is 0 Å². The summed E-state index contributed by atoms with van der Waals surface area (Å²) in [5.74, 6) is 0.973. The van der Waals surface area contributed by atoms with Crippen LogP contribution < -0.4 is 5.73 Å². The molecular weight excluding hydrogens is 258 g/mol. The Hall–Kier alpha value is -0.120. The Balaban J connectivity index is 1.56. The molecule has 0 aromatic heterocycles. The lowest BCUT2D eigenvalue weighted by atomic mass is 9.75. The van der Waals surface area contributed by atoms with E-state index in [-0.39, 0.29) is 0 Å². The smallest absolute Gasteiger partial charge is 0.0476 e. The fraction of sp³-hybridized carbons (Fsp3) is 1.00. The van der Waals surface area contributed by atoms with Crippen LogP contribution in [0, 0.1) is 5.92 Å². The molecule has 4 fully saturated rings. The summed E-state index contributed by atoms with van der Waals surface area (Å²) in [6.45, 7) is 5.87. The summed E-state index contributed by atoms with van der Waals surface area (Å²) in [4.78, 5) is 5.71. The predicted octanol–water partition coefficient (Wildman–Crippen LogP) is 2.60. The predicted molar refractivity (Wildman–Crippen MR) is 87.3 cm³/mol. The molecule has 0 aromatic rings. The van der Waals surface area contributed by atoms with Crippen LogP contribution in [0.1, 0.15) is 64.7 Å². The fourth-order valence-corrected chi connectivity index (χ4v) is 5.81. The van der Waals surface area contributed by atoms with E-state index in [1.165, 1.54) is 70.9 Å². The van der Waals surface area contributed by atoms with Crippen LogP contribution in [0.3, 0.4) is 0 Å². The number of nitrogens with two attached hydrogens (primary N) is 1. The number of fused-ring (bicyclic) bond motifs is 1. The Labute approximate surface area is 130 Å². The van der Waals surface area contributed by atoms with E-state index in [0.717, 1.165) is 30.6 Å². The van der Waals surface area contributed by atoms with Crippen molar-refractivity contribution >= 4 is 0 Å². The highest BCUT2D eigenvalue weighted by atomic mass is 15.3. The van der Waals surface area contributed by atoms with Crippen molar-refractivity contribution in [2.45, 2.75) is 88.4 Å². The van der Waals surface area contributed by atoms with Gasteiger partial charge in [-0.3, -0.25) is 9.80 Å². The van der Waals surface area contributed by atoms with E-state index in [9.17, 15) is 0 Å². The molecule has 4 unspecified atom stereocenters. The van der Waals surface area contributed by atoms with Gasteiger partial charge in [0.25, 0.3) is 0 Å². The average molecular weight is 291 g/mol. The monoisotopic (exact) mass is 291 g/mol. The highest BCUT2D eigenvalue weighted by molar-refractivity contribution is 5.09. The second-order valence-corrected chi connectivity index (χ2v) is 8.33. The summed E-state index contributed by atoms with van der Waals surface area (Å²) in [6, 6.07) is 2.48. The van der Waals surface area contributed by atoms with Crippen LogP contribution in [0.4, 0.5) is 0 Å². The second-order valence-electron chi connectivity index (χ2n) is 8.33. The summed E-state index contributed by atoms with van der Waals surface area (Å²) in [7, 11) is 0. The number of rotatable bonds is 3. The highest BCUT2D eigenvalue weighted by Gasteiger charge is 2.52. The summed E-state index contributed by atoms with van der Waals surface area (Å²) < 4.78 is 0. The maximum atomic E-state index is 6.40. The van der Waals surface area contributed by atoms with Crippen LogP contribution in [-0.4, -0.2) is 53.1 Å². The van der Waals surface area contributed by atoms with E-state index in [0.29, 0.717) is 5.54 Å². The van der Waals surface area contributed by atoms with Gasteiger partial charge in [0.1, 0.15) is 0 Å². The number of hydrogen-bond donors (Lipinski definition) is 1. The van der Waals surface area contributed by atoms with E-state index in [4.69, 9.17) is 5.73 Å². The summed E-state index contributed by atoms with van der Waals surface area (Å²) in [5, 5.41) is 0. The minimum absolute atomic E-state index is 0.294. The third-order valence-electron chi connectivity index (χ3n) is 6.97. The van der Waals surface area contributed by atoms with E-state index in [1.807, 2.05) is 0 Å². The number of hydrogen-bond acceptors (Lipinski definition) is 3. The van der Waals surface area contributed by atoms with Crippen LogP contribution in [0.2, 0.25) is 0 Å². The summed E-state index contributed by atoms with van der Waals surface area (Å²) in [6.07, 6.45) is 12.9. The molecule has 0 radical (unpaired) electrons. The molecular formula is C18H33N3. The van der Waals surface area contributed by atoms with Crippen molar-refractivity contribution in [3.63, 3.8) is 0 Å². The molecule has 3 heteroatoms. The lowest BCUT2D eigenvalue weighted by Gasteiger charge is -2.52. The second kappa shape index (κ2) is 5.50. The molecule has 2 saturated heterocycles. The molecule has 4 atom stereocenters. The lowest BCUT2D eigenvalue weighted by Crippen LogP contribution is -2.63. The Kier molecular flexibility index (Phi) is 3.79. The molecule has 4 aliphatic rings. The van der Waals surface area contributed by atoms with Gasteiger partial charge in [-0.25, -0.2) is 0 Å². The van der Waals surface area contributed by atoms with Gasteiger partial charge in [-0.2, -0.15) is 0 Å². The zero-order valence-corrected chi connectivity index (χ0v) is 13.8. The minimum Gasteiger partial charge on any atom is -0.329 e. The van der Waals surface area contributed by atoms with Crippen molar-refractivity contribution in [3.05, 3.63) is 0 Å². The van der Waals surface area contributed by atoms with E-state index in [2.05, 4.69) is 16.7 Å². The third-order valence-corrected chi connectivity index (χ3v) is 6.97. The quantitative estimate of drug-likeness (QED) is 0.867. The van der Waals surface area contributed by atoms with Gasteiger partial charge in [0.15, 0.2) is 0 Å². The van der Waals surface area contributed by atoms with E-state index in [1.54, 1.807) is 0 Å².